The van der Waals surface area contributed by atoms with Crippen molar-refractivity contribution < 1.29 is 14.6 Å². The maximum absolute atomic E-state index is 12.5. The molecule has 3 fully saturated rings. The third-order valence-electron chi connectivity index (χ3n) is 12.0. The van der Waals surface area contributed by atoms with Crippen molar-refractivity contribution in [2.24, 2.45) is 46.3 Å². The van der Waals surface area contributed by atoms with Crippen molar-refractivity contribution in [1.29, 1.82) is 0 Å². The molecule has 8 atom stereocenters. The van der Waals surface area contributed by atoms with Crippen LogP contribution in [0.15, 0.2) is 11.6 Å². The van der Waals surface area contributed by atoms with Crippen LogP contribution in [0.2, 0.25) is 0 Å². The lowest BCUT2D eigenvalue weighted by Crippen LogP contribution is -2.51. The second-order valence-corrected chi connectivity index (χ2v) is 14.9. The van der Waals surface area contributed by atoms with Gasteiger partial charge in [0.25, 0.3) is 0 Å². The first-order valence-electron chi connectivity index (χ1n) is 16.5. The first-order valence-corrected chi connectivity index (χ1v) is 16.5. The summed E-state index contributed by atoms with van der Waals surface area (Å²) in [6.07, 6.45) is 17.4. The Labute approximate surface area is 239 Å². The van der Waals surface area contributed by atoms with Crippen molar-refractivity contribution in [3.8, 4) is 0 Å². The standard InChI is InChI=1S/C34H60N2O3/c1-24(2)9-7-10-25(3)29-13-14-30-28-12-11-26-23-27(39-32(38)35-19-8-20-36(6)21-22-37)15-17-33(26,4)31(28)16-18-34(29,30)5/h11,24-25,27-31,37H,7-10,12-23H2,1-6H3,(H,35,38). The van der Waals surface area contributed by atoms with Gasteiger partial charge >= 0.3 is 6.09 Å². The summed E-state index contributed by atoms with van der Waals surface area (Å²) >= 11 is 0. The van der Waals surface area contributed by atoms with Gasteiger partial charge in [0.2, 0.25) is 0 Å². The van der Waals surface area contributed by atoms with Crippen molar-refractivity contribution in [2.75, 3.05) is 33.3 Å². The summed E-state index contributed by atoms with van der Waals surface area (Å²) in [6.45, 7) is 14.8. The highest BCUT2D eigenvalue weighted by Crippen LogP contribution is 2.67. The van der Waals surface area contributed by atoms with Gasteiger partial charge in [0.1, 0.15) is 6.10 Å². The number of nitrogens with one attached hydrogen (secondary N) is 1. The Bertz CT molecular complexity index is 842. The van der Waals surface area contributed by atoms with E-state index in [1.807, 2.05) is 7.05 Å². The van der Waals surface area contributed by atoms with Crippen LogP contribution in [0.4, 0.5) is 4.79 Å². The number of allylic oxidation sites excluding steroid dienone is 1. The lowest BCUT2D eigenvalue weighted by atomic mass is 9.47. The van der Waals surface area contributed by atoms with Gasteiger partial charge in [-0.1, -0.05) is 65.5 Å². The number of ether oxygens (including phenoxy) is 1. The van der Waals surface area contributed by atoms with Crippen LogP contribution in [-0.2, 0) is 4.74 Å². The highest BCUT2D eigenvalue weighted by molar-refractivity contribution is 5.67. The fraction of sp³-hybridized carbons (Fsp3) is 0.912. The smallest absolute Gasteiger partial charge is 0.407 e. The van der Waals surface area contributed by atoms with E-state index in [0.717, 1.165) is 67.7 Å². The number of nitrogens with zero attached hydrogens (tertiary/aromatic N) is 1. The van der Waals surface area contributed by atoms with Crippen molar-refractivity contribution in [1.82, 2.24) is 10.2 Å². The first kappa shape index (κ1) is 30.9. The van der Waals surface area contributed by atoms with Gasteiger partial charge < -0.3 is 20.1 Å². The summed E-state index contributed by atoms with van der Waals surface area (Å²) in [4.78, 5) is 14.6. The molecule has 0 spiro atoms. The number of aliphatic hydroxyl groups excluding tert-OH is 1. The normalized spacial score (nSPS) is 36.6. The van der Waals surface area contributed by atoms with Crippen LogP contribution in [0.5, 0.6) is 0 Å². The van der Waals surface area contributed by atoms with Crippen LogP contribution >= 0.6 is 0 Å². The lowest BCUT2D eigenvalue weighted by Gasteiger charge is -2.58. The molecule has 3 saturated carbocycles. The maximum Gasteiger partial charge on any atom is 0.407 e. The van der Waals surface area contributed by atoms with E-state index in [2.05, 4.69) is 50.9 Å². The Hall–Kier alpha value is -1.07. The average molecular weight is 545 g/mol. The number of fused-ring (bicyclic) bond motifs is 5. The second-order valence-electron chi connectivity index (χ2n) is 14.9. The van der Waals surface area contributed by atoms with Gasteiger partial charge in [-0.2, -0.15) is 0 Å². The predicted octanol–water partition coefficient (Wildman–Crippen LogP) is 7.44. The fourth-order valence-corrected chi connectivity index (χ4v) is 9.77. The second kappa shape index (κ2) is 13.3. The number of hydrogen-bond donors (Lipinski definition) is 2. The Morgan fingerprint density at radius 1 is 1.08 bits per heavy atom. The van der Waals surface area contributed by atoms with E-state index in [0.29, 0.717) is 23.9 Å². The molecule has 0 aliphatic heterocycles. The minimum absolute atomic E-state index is 0.00865. The van der Waals surface area contributed by atoms with E-state index in [1.165, 1.54) is 51.4 Å². The molecule has 224 valence electrons. The molecular formula is C34H60N2O3. The molecule has 0 aromatic carbocycles. The van der Waals surface area contributed by atoms with E-state index < -0.39 is 0 Å². The van der Waals surface area contributed by atoms with Crippen molar-refractivity contribution in [3.63, 3.8) is 0 Å². The van der Waals surface area contributed by atoms with E-state index in [9.17, 15) is 4.79 Å². The number of carbonyl (C=O) groups is 1. The summed E-state index contributed by atoms with van der Waals surface area (Å²) < 4.78 is 5.90. The zero-order chi connectivity index (χ0) is 28.2. The molecular weight excluding hydrogens is 484 g/mol. The van der Waals surface area contributed by atoms with Gasteiger partial charge in [0.15, 0.2) is 0 Å². The molecule has 5 heteroatoms. The SMILES string of the molecule is CC(C)CCCC(C)C1CCC2C3CC=C4CC(OC(=O)NCCCN(C)CCO)CCC4(C)C3CCC12C. The summed E-state index contributed by atoms with van der Waals surface area (Å²) in [7, 11) is 1.99. The lowest BCUT2D eigenvalue weighted by molar-refractivity contribution is -0.0581. The Balaban J connectivity index is 1.31. The van der Waals surface area contributed by atoms with Crippen LogP contribution in [0.1, 0.15) is 112 Å². The molecule has 0 aromatic heterocycles. The predicted molar refractivity (Wildman–Crippen MR) is 161 cm³/mol. The molecule has 8 unspecified atom stereocenters. The quantitative estimate of drug-likeness (QED) is 0.198. The number of aliphatic hydroxyl groups is 1. The molecule has 0 aromatic rings. The molecule has 4 aliphatic rings. The highest BCUT2D eigenvalue weighted by Gasteiger charge is 2.59. The number of likely N-dealkylation sites (N-methyl/N-ethyl adjacent to an activating group) is 1. The van der Waals surface area contributed by atoms with E-state index in [1.54, 1.807) is 5.57 Å². The van der Waals surface area contributed by atoms with Crippen LogP contribution in [0.3, 0.4) is 0 Å². The average Bonchev–Trinajstić information content (AvgIpc) is 3.24. The maximum atomic E-state index is 12.5. The van der Waals surface area contributed by atoms with E-state index in [-0.39, 0.29) is 18.8 Å². The number of carbonyl (C=O) groups excluding carboxylic acids is 1. The van der Waals surface area contributed by atoms with Crippen LogP contribution < -0.4 is 5.32 Å². The number of alkyl carbamates (subject to hydrolysis) is 1. The molecule has 2 N–H and O–H groups in total. The number of rotatable bonds is 12. The van der Waals surface area contributed by atoms with Gasteiger partial charge in [0.05, 0.1) is 6.61 Å². The van der Waals surface area contributed by atoms with Gasteiger partial charge in [-0.05, 0) is 111 Å². The van der Waals surface area contributed by atoms with Crippen LogP contribution in [0, 0.1) is 46.3 Å². The molecule has 1 amide bonds. The van der Waals surface area contributed by atoms with Crippen molar-refractivity contribution >= 4 is 6.09 Å². The minimum Gasteiger partial charge on any atom is -0.446 e. The molecule has 4 rings (SSSR count). The molecule has 5 nitrogen and oxygen atoms in total. The Morgan fingerprint density at radius 2 is 1.87 bits per heavy atom. The minimum atomic E-state index is -0.268. The molecule has 4 aliphatic carbocycles. The highest BCUT2D eigenvalue weighted by atomic mass is 16.6. The molecule has 0 radical (unpaired) electrons. The van der Waals surface area contributed by atoms with Gasteiger partial charge in [0, 0.05) is 19.5 Å². The molecule has 0 heterocycles. The number of hydrogen-bond acceptors (Lipinski definition) is 4. The summed E-state index contributed by atoms with van der Waals surface area (Å²) in [5.41, 5.74) is 2.41. The van der Waals surface area contributed by atoms with Crippen molar-refractivity contribution in [2.45, 2.75) is 118 Å². The third kappa shape index (κ3) is 6.88. The van der Waals surface area contributed by atoms with E-state index in [4.69, 9.17) is 9.84 Å². The van der Waals surface area contributed by atoms with Gasteiger partial charge in [-0.15, -0.1) is 0 Å². The first-order chi connectivity index (χ1) is 18.6. The van der Waals surface area contributed by atoms with Crippen molar-refractivity contribution in [3.05, 3.63) is 11.6 Å². The zero-order valence-electron chi connectivity index (χ0n) is 26.1. The Kier molecular flexibility index (Phi) is 10.5. The summed E-state index contributed by atoms with van der Waals surface area (Å²) in [5.74, 6) is 5.13. The monoisotopic (exact) mass is 544 g/mol. The van der Waals surface area contributed by atoms with E-state index >= 15 is 0 Å². The Morgan fingerprint density at radius 3 is 2.62 bits per heavy atom. The molecule has 0 bridgehead atoms. The van der Waals surface area contributed by atoms with Gasteiger partial charge in [-0.3, -0.25) is 0 Å². The zero-order valence-corrected chi connectivity index (χ0v) is 26.1. The summed E-state index contributed by atoms with van der Waals surface area (Å²) in [5, 5.41) is 12.0. The molecule has 0 saturated heterocycles. The largest absolute Gasteiger partial charge is 0.446 e. The third-order valence-corrected chi connectivity index (χ3v) is 12.0. The molecule has 39 heavy (non-hydrogen) atoms. The number of amides is 1. The fourth-order valence-electron chi connectivity index (χ4n) is 9.77. The van der Waals surface area contributed by atoms with Crippen LogP contribution in [-0.4, -0.2) is 55.5 Å². The topological polar surface area (TPSA) is 61.8 Å². The summed E-state index contributed by atoms with van der Waals surface area (Å²) in [6, 6.07) is 0. The van der Waals surface area contributed by atoms with Crippen LogP contribution in [0.25, 0.3) is 0 Å². The van der Waals surface area contributed by atoms with Gasteiger partial charge in [-0.25, -0.2) is 4.79 Å².